The number of ether oxygens (including phenoxy) is 1. The molecule has 4 heteroatoms. The molecule has 3 nitrogen and oxygen atoms in total. The van der Waals surface area contributed by atoms with Crippen LogP contribution < -0.4 is 5.32 Å². The molecule has 0 saturated heterocycles. The number of hydrogen-bond donors (Lipinski definition) is 1. The summed E-state index contributed by atoms with van der Waals surface area (Å²) in [6.45, 7) is 1.76. The van der Waals surface area contributed by atoms with Crippen molar-refractivity contribution >= 4 is 18.4 Å². The quantitative estimate of drug-likeness (QED) is 0.613. The minimum atomic E-state index is -0.255. The van der Waals surface area contributed by atoms with Gasteiger partial charge >= 0.3 is 5.97 Å². The lowest BCUT2D eigenvalue weighted by atomic mass is 9.87. The number of carbonyl (C=O) groups excluding carboxylic acids is 1. The average molecular weight is 328 g/mol. The molecule has 1 fully saturated rings. The predicted molar refractivity (Wildman–Crippen MR) is 94.7 cm³/mol. The first-order valence-corrected chi connectivity index (χ1v) is 7.68. The maximum atomic E-state index is 11.7. The molecule has 1 N–H and O–H groups in total. The smallest absolute Gasteiger partial charge is 0.338 e. The molecule has 1 aliphatic rings. The summed E-state index contributed by atoms with van der Waals surface area (Å²) in [6, 6.07) is 7.65. The first-order chi connectivity index (χ1) is 9.81. The van der Waals surface area contributed by atoms with Gasteiger partial charge in [0.05, 0.1) is 12.7 Å². The SMILES string of the molecule is C.COC(=O)c1ccccc1CNCCC1CCCCC1.Cl. The number of rotatable bonds is 6. The van der Waals surface area contributed by atoms with E-state index in [0.29, 0.717) is 5.56 Å². The van der Waals surface area contributed by atoms with E-state index >= 15 is 0 Å². The van der Waals surface area contributed by atoms with Crippen LogP contribution in [-0.2, 0) is 11.3 Å². The lowest BCUT2D eigenvalue weighted by molar-refractivity contribution is 0.0599. The molecule has 1 aliphatic carbocycles. The highest BCUT2D eigenvalue weighted by atomic mass is 35.5. The van der Waals surface area contributed by atoms with Crippen molar-refractivity contribution < 1.29 is 9.53 Å². The maximum absolute atomic E-state index is 11.7. The second kappa shape index (κ2) is 11.5. The van der Waals surface area contributed by atoms with Gasteiger partial charge in [0.1, 0.15) is 0 Å². The van der Waals surface area contributed by atoms with Crippen molar-refractivity contribution in [2.24, 2.45) is 5.92 Å². The largest absolute Gasteiger partial charge is 0.465 e. The molecule has 1 aromatic rings. The van der Waals surface area contributed by atoms with E-state index in [9.17, 15) is 4.79 Å². The molecule has 0 amide bonds. The second-order valence-electron chi connectivity index (χ2n) is 5.62. The van der Waals surface area contributed by atoms with Crippen molar-refractivity contribution in [2.45, 2.75) is 52.5 Å². The van der Waals surface area contributed by atoms with Crippen LogP contribution >= 0.6 is 12.4 Å². The number of halogens is 1. The Balaban J connectivity index is 0.00000220. The van der Waals surface area contributed by atoms with Gasteiger partial charge in [-0.25, -0.2) is 4.79 Å². The zero-order chi connectivity index (χ0) is 14.2. The molecule has 1 saturated carbocycles. The van der Waals surface area contributed by atoms with E-state index in [0.717, 1.165) is 24.6 Å². The van der Waals surface area contributed by atoms with Crippen LogP contribution in [-0.4, -0.2) is 19.6 Å². The van der Waals surface area contributed by atoms with Crippen LogP contribution in [0.5, 0.6) is 0 Å². The van der Waals surface area contributed by atoms with Crippen molar-refractivity contribution in [1.82, 2.24) is 5.32 Å². The van der Waals surface area contributed by atoms with E-state index in [1.165, 1.54) is 45.6 Å². The molecule has 0 spiro atoms. The number of esters is 1. The van der Waals surface area contributed by atoms with Gasteiger partial charge in [-0.05, 0) is 30.5 Å². The molecular weight excluding hydrogens is 298 g/mol. The Hall–Kier alpha value is -1.06. The zero-order valence-electron chi connectivity index (χ0n) is 12.8. The first kappa shape index (κ1) is 20.9. The fourth-order valence-electron chi connectivity index (χ4n) is 2.99. The minimum absolute atomic E-state index is 0. The van der Waals surface area contributed by atoms with Crippen LogP contribution in [0, 0.1) is 5.92 Å². The van der Waals surface area contributed by atoms with Gasteiger partial charge in [-0.3, -0.25) is 0 Å². The van der Waals surface area contributed by atoms with Crippen molar-refractivity contribution in [1.29, 1.82) is 0 Å². The standard InChI is InChI=1S/C17H25NO2.CH4.ClH/c1-20-17(19)16-10-6-5-9-15(16)13-18-12-11-14-7-3-2-4-8-14;;/h5-6,9-10,14,18H,2-4,7-8,11-13H2,1H3;1H4;1H. The van der Waals surface area contributed by atoms with Crippen LogP contribution in [0.3, 0.4) is 0 Å². The number of carbonyl (C=O) groups is 1. The minimum Gasteiger partial charge on any atom is -0.465 e. The molecule has 0 aliphatic heterocycles. The van der Waals surface area contributed by atoms with E-state index in [-0.39, 0.29) is 25.8 Å². The summed E-state index contributed by atoms with van der Waals surface area (Å²) in [7, 11) is 1.43. The molecule has 126 valence electrons. The van der Waals surface area contributed by atoms with E-state index in [1.807, 2.05) is 24.3 Å². The van der Waals surface area contributed by atoms with Gasteiger partial charge in [0, 0.05) is 6.54 Å². The molecule has 0 atom stereocenters. The average Bonchev–Trinajstić information content (AvgIpc) is 2.52. The van der Waals surface area contributed by atoms with Gasteiger partial charge in [-0.2, -0.15) is 0 Å². The third-order valence-corrected chi connectivity index (χ3v) is 4.19. The fraction of sp³-hybridized carbons (Fsp3) is 0.611. The Labute approximate surface area is 141 Å². The van der Waals surface area contributed by atoms with E-state index in [4.69, 9.17) is 4.74 Å². The predicted octanol–water partition coefficient (Wildman–Crippen LogP) is 4.59. The number of hydrogen-bond acceptors (Lipinski definition) is 3. The molecule has 2 rings (SSSR count). The number of benzene rings is 1. The molecule has 1 aromatic carbocycles. The molecule has 0 radical (unpaired) electrons. The van der Waals surface area contributed by atoms with Gasteiger partial charge in [0.25, 0.3) is 0 Å². The highest BCUT2D eigenvalue weighted by molar-refractivity contribution is 5.90. The molecular formula is C18H30ClNO2. The molecule has 0 heterocycles. The Morgan fingerprint density at radius 1 is 1.23 bits per heavy atom. The van der Waals surface area contributed by atoms with Crippen LogP contribution in [0.25, 0.3) is 0 Å². The summed E-state index contributed by atoms with van der Waals surface area (Å²) in [5.41, 5.74) is 1.68. The summed E-state index contributed by atoms with van der Waals surface area (Å²) in [4.78, 5) is 11.7. The molecule has 0 bridgehead atoms. The van der Waals surface area contributed by atoms with Crippen LogP contribution in [0.4, 0.5) is 0 Å². The number of methoxy groups -OCH3 is 1. The van der Waals surface area contributed by atoms with Crippen molar-refractivity contribution in [3.8, 4) is 0 Å². The third kappa shape index (κ3) is 6.37. The normalized spacial score (nSPS) is 14.6. The lowest BCUT2D eigenvalue weighted by Gasteiger charge is -2.21. The highest BCUT2D eigenvalue weighted by Crippen LogP contribution is 2.25. The van der Waals surface area contributed by atoms with E-state index in [1.54, 1.807) is 0 Å². The van der Waals surface area contributed by atoms with E-state index < -0.39 is 0 Å². The van der Waals surface area contributed by atoms with Gasteiger partial charge < -0.3 is 10.1 Å². The summed E-state index contributed by atoms with van der Waals surface area (Å²) in [5, 5.41) is 3.46. The monoisotopic (exact) mass is 327 g/mol. The second-order valence-corrected chi connectivity index (χ2v) is 5.62. The van der Waals surface area contributed by atoms with Crippen LogP contribution in [0.2, 0.25) is 0 Å². The Morgan fingerprint density at radius 2 is 1.91 bits per heavy atom. The Morgan fingerprint density at radius 3 is 2.59 bits per heavy atom. The summed E-state index contributed by atoms with van der Waals surface area (Å²) in [5.74, 6) is 0.641. The van der Waals surface area contributed by atoms with E-state index in [2.05, 4.69) is 5.32 Å². The molecule has 22 heavy (non-hydrogen) atoms. The summed E-state index contributed by atoms with van der Waals surface area (Å²) in [6.07, 6.45) is 8.24. The Kier molecular flexibility index (Phi) is 10.9. The van der Waals surface area contributed by atoms with Gasteiger partial charge in [0.2, 0.25) is 0 Å². The lowest BCUT2D eigenvalue weighted by Crippen LogP contribution is -2.20. The highest BCUT2D eigenvalue weighted by Gasteiger charge is 2.13. The van der Waals surface area contributed by atoms with Crippen molar-refractivity contribution in [3.63, 3.8) is 0 Å². The van der Waals surface area contributed by atoms with Crippen LogP contribution in [0.15, 0.2) is 24.3 Å². The topological polar surface area (TPSA) is 38.3 Å². The fourth-order valence-corrected chi connectivity index (χ4v) is 2.99. The summed E-state index contributed by atoms with van der Waals surface area (Å²) >= 11 is 0. The molecule has 0 aromatic heterocycles. The number of nitrogens with one attached hydrogen (secondary N) is 1. The van der Waals surface area contributed by atoms with Gasteiger partial charge in [0.15, 0.2) is 0 Å². The van der Waals surface area contributed by atoms with Gasteiger partial charge in [-0.15, -0.1) is 12.4 Å². The molecule has 0 unspecified atom stereocenters. The maximum Gasteiger partial charge on any atom is 0.338 e. The zero-order valence-corrected chi connectivity index (χ0v) is 13.6. The Bertz CT molecular complexity index is 431. The summed E-state index contributed by atoms with van der Waals surface area (Å²) < 4.78 is 4.81. The van der Waals surface area contributed by atoms with Crippen molar-refractivity contribution in [2.75, 3.05) is 13.7 Å². The van der Waals surface area contributed by atoms with Crippen LogP contribution in [0.1, 0.15) is 61.9 Å². The third-order valence-electron chi connectivity index (χ3n) is 4.19. The van der Waals surface area contributed by atoms with Gasteiger partial charge in [-0.1, -0.05) is 57.7 Å². The first-order valence-electron chi connectivity index (χ1n) is 7.68. The van der Waals surface area contributed by atoms with Crippen molar-refractivity contribution in [3.05, 3.63) is 35.4 Å².